The Kier molecular flexibility index (Phi) is 4.51. The van der Waals surface area contributed by atoms with Crippen LogP contribution in [0.1, 0.15) is 39.5 Å². The predicted molar refractivity (Wildman–Crippen MR) is 101 cm³/mol. The van der Waals surface area contributed by atoms with E-state index in [1.165, 1.54) is 7.11 Å². The van der Waals surface area contributed by atoms with Crippen molar-refractivity contribution in [1.82, 2.24) is 0 Å². The molecule has 4 rings (SSSR count). The van der Waals surface area contributed by atoms with Crippen molar-refractivity contribution in [2.45, 2.75) is 57.3 Å². The Morgan fingerprint density at radius 2 is 2.07 bits per heavy atom. The Labute approximate surface area is 165 Å². The zero-order valence-corrected chi connectivity index (χ0v) is 16.7. The normalized spacial score (nSPS) is 49.9. The summed E-state index contributed by atoms with van der Waals surface area (Å²) in [5.74, 6) is -0.660. The third-order valence-electron chi connectivity index (χ3n) is 8.54. The quantitative estimate of drug-likeness (QED) is 0.669. The smallest absolute Gasteiger partial charge is 0.192 e. The highest BCUT2D eigenvalue weighted by Crippen LogP contribution is 2.67. The first kappa shape index (κ1) is 20.0. The fourth-order valence-corrected chi connectivity index (χ4v) is 7.20. The summed E-state index contributed by atoms with van der Waals surface area (Å²) in [7, 11) is 1.48. The number of ether oxygens (including phenoxy) is 1. The van der Waals surface area contributed by atoms with Gasteiger partial charge in [0.15, 0.2) is 17.2 Å². The van der Waals surface area contributed by atoms with Crippen LogP contribution in [-0.4, -0.2) is 58.4 Å². The number of carbonyl (C=O) groups excluding carboxylic acids is 2. The highest BCUT2D eigenvalue weighted by atomic mass is 16.5. The van der Waals surface area contributed by atoms with Gasteiger partial charge in [0.25, 0.3) is 0 Å². The van der Waals surface area contributed by atoms with Crippen LogP contribution in [0.25, 0.3) is 0 Å². The molecule has 8 atom stereocenters. The summed E-state index contributed by atoms with van der Waals surface area (Å²) in [5, 5.41) is 32.3. The van der Waals surface area contributed by atoms with Crippen molar-refractivity contribution in [2.75, 3.05) is 13.7 Å². The lowest BCUT2D eigenvalue weighted by Crippen LogP contribution is -2.64. The fraction of sp³-hybridized carbons (Fsp3) is 0.727. The van der Waals surface area contributed by atoms with Crippen molar-refractivity contribution < 1.29 is 29.6 Å². The summed E-state index contributed by atoms with van der Waals surface area (Å²) in [4.78, 5) is 24.5. The second-order valence-corrected chi connectivity index (χ2v) is 9.52. The molecule has 0 aliphatic heterocycles. The molecule has 4 aliphatic rings. The van der Waals surface area contributed by atoms with Crippen LogP contribution in [0.15, 0.2) is 23.8 Å². The van der Waals surface area contributed by atoms with Gasteiger partial charge in [0, 0.05) is 23.9 Å². The molecule has 0 spiro atoms. The molecule has 0 radical (unpaired) electrons. The number of aliphatic hydroxyl groups excluding tert-OH is 2. The molecule has 0 aromatic rings. The topological polar surface area (TPSA) is 104 Å². The van der Waals surface area contributed by atoms with E-state index in [4.69, 9.17) is 4.74 Å². The van der Waals surface area contributed by atoms with Crippen LogP contribution in [0.2, 0.25) is 0 Å². The van der Waals surface area contributed by atoms with Gasteiger partial charge in [-0.15, -0.1) is 0 Å². The maximum Gasteiger partial charge on any atom is 0.192 e. The van der Waals surface area contributed by atoms with Crippen molar-refractivity contribution in [3.8, 4) is 0 Å². The van der Waals surface area contributed by atoms with Crippen molar-refractivity contribution in [1.29, 1.82) is 0 Å². The van der Waals surface area contributed by atoms with E-state index in [2.05, 4.69) is 6.92 Å². The molecule has 0 unspecified atom stereocenters. The van der Waals surface area contributed by atoms with E-state index in [9.17, 15) is 24.9 Å². The first-order valence-corrected chi connectivity index (χ1v) is 10.1. The van der Waals surface area contributed by atoms with E-state index < -0.39 is 41.0 Å². The summed E-state index contributed by atoms with van der Waals surface area (Å²) in [5.41, 5.74) is -2.03. The Morgan fingerprint density at radius 1 is 1.36 bits per heavy atom. The molecule has 0 aromatic heterocycles. The molecule has 0 bridgehead atoms. The molecule has 3 saturated carbocycles. The lowest BCUT2D eigenvalue weighted by molar-refractivity contribution is -0.192. The molecule has 0 saturated heterocycles. The number of aliphatic hydroxyl groups is 3. The van der Waals surface area contributed by atoms with Gasteiger partial charge in [0.2, 0.25) is 0 Å². The van der Waals surface area contributed by atoms with Gasteiger partial charge in [-0.1, -0.05) is 25.5 Å². The molecule has 28 heavy (non-hydrogen) atoms. The number of ketones is 2. The lowest BCUT2D eigenvalue weighted by atomic mass is 9.46. The van der Waals surface area contributed by atoms with Gasteiger partial charge in [-0.05, 0) is 49.7 Å². The maximum absolute atomic E-state index is 12.6. The summed E-state index contributed by atoms with van der Waals surface area (Å²) in [6.45, 7) is 3.19. The first-order valence-electron chi connectivity index (χ1n) is 10.1. The number of hydrogen-bond acceptors (Lipinski definition) is 6. The molecule has 0 aromatic carbocycles. The molecule has 4 aliphatic carbocycles. The van der Waals surface area contributed by atoms with E-state index in [0.29, 0.717) is 6.42 Å². The Bertz CT molecular complexity index is 771. The zero-order valence-electron chi connectivity index (χ0n) is 16.7. The van der Waals surface area contributed by atoms with Gasteiger partial charge < -0.3 is 20.1 Å². The van der Waals surface area contributed by atoms with Gasteiger partial charge in [0.1, 0.15) is 6.61 Å². The van der Waals surface area contributed by atoms with Gasteiger partial charge in [-0.2, -0.15) is 0 Å². The second-order valence-electron chi connectivity index (χ2n) is 9.52. The molecule has 6 nitrogen and oxygen atoms in total. The summed E-state index contributed by atoms with van der Waals surface area (Å²) in [6, 6.07) is 0. The third kappa shape index (κ3) is 2.29. The number of hydrogen-bond donors (Lipinski definition) is 3. The van der Waals surface area contributed by atoms with E-state index in [-0.39, 0.29) is 30.0 Å². The van der Waals surface area contributed by atoms with Crippen LogP contribution < -0.4 is 0 Å². The Morgan fingerprint density at radius 3 is 2.71 bits per heavy atom. The number of carbonyl (C=O) groups is 2. The molecule has 154 valence electrons. The molecule has 3 fully saturated rings. The number of fused-ring (bicyclic) bond motifs is 5. The molecule has 0 heterocycles. The van der Waals surface area contributed by atoms with Crippen LogP contribution in [0.4, 0.5) is 0 Å². The molecule has 6 heteroatoms. The minimum absolute atomic E-state index is 0.00991. The van der Waals surface area contributed by atoms with E-state index in [1.54, 1.807) is 12.2 Å². The van der Waals surface area contributed by atoms with Crippen LogP contribution in [-0.2, 0) is 14.3 Å². The summed E-state index contributed by atoms with van der Waals surface area (Å²) >= 11 is 0. The number of methoxy groups -OCH3 is 1. The van der Waals surface area contributed by atoms with Crippen LogP contribution in [0.3, 0.4) is 0 Å². The Balaban J connectivity index is 1.79. The molecule has 3 N–H and O–H groups in total. The molecule has 0 amide bonds. The average Bonchev–Trinajstić information content (AvgIpc) is 2.89. The molecular weight excluding hydrogens is 360 g/mol. The van der Waals surface area contributed by atoms with E-state index in [1.807, 2.05) is 13.0 Å². The van der Waals surface area contributed by atoms with Crippen LogP contribution in [0, 0.1) is 28.6 Å². The van der Waals surface area contributed by atoms with Crippen molar-refractivity contribution in [3.05, 3.63) is 23.8 Å². The van der Waals surface area contributed by atoms with Crippen molar-refractivity contribution >= 4 is 11.6 Å². The van der Waals surface area contributed by atoms with Gasteiger partial charge >= 0.3 is 0 Å². The maximum atomic E-state index is 12.6. The summed E-state index contributed by atoms with van der Waals surface area (Å²) < 4.78 is 5.53. The largest absolute Gasteiger partial charge is 0.393 e. The average molecular weight is 390 g/mol. The van der Waals surface area contributed by atoms with Gasteiger partial charge in [-0.25, -0.2) is 0 Å². The minimum atomic E-state index is -1.82. The van der Waals surface area contributed by atoms with E-state index in [0.717, 1.165) is 18.4 Å². The fourth-order valence-electron chi connectivity index (χ4n) is 7.20. The van der Waals surface area contributed by atoms with Gasteiger partial charge in [-0.3, -0.25) is 9.59 Å². The molecular formula is C22H30O6. The first-order chi connectivity index (χ1) is 13.1. The standard InChI is InChI=1S/C22H30O6/c1-20-7-6-13(24)8-12(20)4-5-14-15-9-18(28-3)22(27,17(26)11-23)21(15,2)10-16(25)19(14)20/h6-8,14-16,18-19,23,25,27H,4-5,9-11H2,1-3H3/t14-,15-,16-,18+,19+,20-,21-,22+/m0/s1. The van der Waals surface area contributed by atoms with E-state index >= 15 is 0 Å². The summed E-state index contributed by atoms with van der Waals surface area (Å²) in [6.07, 6.45) is 6.11. The van der Waals surface area contributed by atoms with Gasteiger partial charge in [0.05, 0.1) is 12.2 Å². The van der Waals surface area contributed by atoms with Crippen molar-refractivity contribution in [3.63, 3.8) is 0 Å². The van der Waals surface area contributed by atoms with Crippen LogP contribution >= 0.6 is 0 Å². The van der Waals surface area contributed by atoms with Crippen molar-refractivity contribution in [2.24, 2.45) is 28.6 Å². The number of rotatable bonds is 3. The second kappa shape index (κ2) is 6.33. The number of Topliss-reactive ketones (excluding diaryl/α,β-unsaturated/α-hetero) is 1. The monoisotopic (exact) mass is 390 g/mol. The predicted octanol–water partition coefficient (Wildman–Crippen LogP) is 1.18. The highest BCUT2D eigenvalue weighted by molar-refractivity contribution is 6.01. The van der Waals surface area contributed by atoms with Crippen LogP contribution in [0.5, 0.6) is 0 Å². The minimum Gasteiger partial charge on any atom is -0.393 e. The lowest BCUT2D eigenvalue weighted by Gasteiger charge is -2.59. The highest BCUT2D eigenvalue weighted by Gasteiger charge is 2.71. The number of allylic oxidation sites excluding steroid dienone is 4. The SMILES string of the molecule is CO[C@@H]1C[C@H]2[C@@H]3CCC4=CC(=O)C=C[C@]4(C)[C@H]3[C@@H](O)C[C@]2(C)[C@@]1(O)C(=O)CO. The third-order valence-corrected chi connectivity index (χ3v) is 8.54. The Hall–Kier alpha value is -1.34. The zero-order chi connectivity index (χ0) is 20.5.